The molecule has 0 unspecified atom stereocenters. The Bertz CT molecular complexity index is 1410. The van der Waals surface area contributed by atoms with E-state index in [2.05, 4.69) is 11.1 Å². The largest absolute Gasteiger partial charge is 0.382 e. The number of fused-ring (bicyclic) bond motifs is 2. The zero-order valence-corrected chi connectivity index (χ0v) is 19.6. The molecule has 0 aliphatic heterocycles. The molecule has 1 amide bonds. The van der Waals surface area contributed by atoms with E-state index in [1.54, 1.807) is 29.0 Å². The number of pyridine rings is 2. The molecule has 9 heteroatoms. The molecule has 0 fully saturated rings. The minimum absolute atomic E-state index is 0.131. The van der Waals surface area contributed by atoms with Gasteiger partial charge in [0.2, 0.25) is 0 Å². The molecule has 0 saturated carbocycles. The van der Waals surface area contributed by atoms with Crippen molar-refractivity contribution in [2.75, 3.05) is 19.5 Å². The van der Waals surface area contributed by atoms with Gasteiger partial charge < -0.3 is 9.30 Å². The summed E-state index contributed by atoms with van der Waals surface area (Å²) in [7, 11) is 0. The topological polar surface area (TPSA) is 102 Å². The third-order valence-electron chi connectivity index (χ3n) is 4.88. The summed E-state index contributed by atoms with van der Waals surface area (Å²) in [5.74, 6) is -0.510. The number of thioether (sulfide) groups is 1. The standard InChI is InChI=1S/C24H25N5O3S/c1-4-32-13-8-12-28-22(26-20(30)10-5-6-14-33-3)18(16-25)15-19-23(28)27-21-17(2)9-7-11-29(21)24(19)31/h5-7,9-11,14-15H,4,8,12-13H2,1-3H3. The van der Waals surface area contributed by atoms with Gasteiger partial charge in [0.1, 0.15) is 17.4 Å². The molecule has 3 rings (SSSR count). The van der Waals surface area contributed by atoms with Crippen LogP contribution < -0.4 is 11.0 Å². The first kappa shape index (κ1) is 24.2. The number of hydrogen-bond acceptors (Lipinski definition) is 6. The van der Waals surface area contributed by atoms with Gasteiger partial charge in [-0.25, -0.2) is 4.98 Å². The summed E-state index contributed by atoms with van der Waals surface area (Å²) < 4.78 is 8.59. The lowest BCUT2D eigenvalue weighted by atomic mass is 10.2. The predicted molar refractivity (Wildman–Crippen MR) is 130 cm³/mol. The summed E-state index contributed by atoms with van der Waals surface area (Å²) >= 11 is 1.51. The molecule has 3 aromatic heterocycles. The monoisotopic (exact) mass is 463 g/mol. The Morgan fingerprint density at radius 1 is 1.36 bits per heavy atom. The molecular formula is C24H25N5O3S. The molecule has 3 heterocycles. The van der Waals surface area contributed by atoms with Crippen LogP contribution in [0.2, 0.25) is 0 Å². The van der Waals surface area contributed by atoms with Gasteiger partial charge in [0.05, 0.1) is 10.9 Å². The van der Waals surface area contributed by atoms with E-state index < -0.39 is 5.91 Å². The zero-order valence-electron chi connectivity index (χ0n) is 18.8. The number of carbonyl (C=O) groups excluding carboxylic acids is 1. The predicted octanol–water partition coefficient (Wildman–Crippen LogP) is 3.12. The van der Waals surface area contributed by atoms with Crippen LogP contribution in [0.4, 0.5) is 0 Å². The van der Waals surface area contributed by atoms with Gasteiger partial charge in [-0.2, -0.15) is 10.3 Å². The van der Waals surface area contributed by atoms with E-state index in [0.717, 1.165) is 5.56 Å². The van der Waals surface area contributed by atoms with Gasteiger partial charge in [-0.3, -0.25) is 14.0 Å². The van der Waals surface area contributed by atoms with Crippen LogP contribution in [0.3, 0.4) is 0 Å². The van der Waals surface area contributed by atoms with Gasteiger partial charge >= 0.3 is 0 Å². The summed E-state index contributed by atoms with van der Waals surface area (Å²) in [4.78, 5) is 34.7. The zero-order chi connectivity index (χ0) is 23.8. The molecule has 0 aliphatic rings. The normalized spacial score (nSPS) is 12.4. The molecule has 0 saturated heterocycles. The van der Waals surface area contributed by atoms with E-state index in [-0.39, 0.29) is 22.0 Å². The fourth-order valence-electron chi connectivity index (χ4n) is 3.37. The smallest absolute Gasteiger partial charge is 0.271 e. The van der Waals surface area contributed by atoms with Crippen molar-refractivity contribution in [1.29, 1.82) is 5.26 Å². The van der Waals surface area contributed by atoms with Crippen molar-refractivity contribution in [3.63, 3.8) is 0 Å². The van der Waals surface area contributed by atoms with Gasteiger partial charge in [-0.15, -0.1) is 11.8 Å². The highest BCUT2D eigenvalue weighted by atomic mass is 32.2. The molecule has 3 aromatic rings. The van der Waals surface area contributed by atoms with E-state index in [9.17, 15) is 14.9 Å². The number of carbonyl (C=O) groups is 1. The van der Waals surface area contributed by atoms with Crippen molar-refractivity contribution >= 4 is 34.3 Å². The first-order chi connectivity index (χ1) is 16.0. The number of aromatic nitrogens is 3. The highest BCUT2D eigenvalue weighted by molar-refractivity contribution is 8.01. The second-order valence-corrected chi connectivity index (χ2v) is 7.85. The quantitative estimate of drug-likeness (QED) is 0.220. The van der Waals surface area contributed by atoms with Gasteiger partial charge in [0, 0.05) is 32.0 Å². The van der Waals surface area contributed by atoms with Crippen LogP contribution in [-0.2, 0) is 16.1 Å². The molecule has 0 aromatic carbocycles. The van der Waals surface area contributed by atoms with Crippen LogP contribution in [-0.4, -0.2) is 39.3 Å². The average molecular weight is 464 g/mol. The van der Waals surface area contributed by atoms with Crippen molar-refractivity contribution in [3.8, 4) is 6.07 Å². The van der Waals surface area contributed by atoms with E-state index in [4.69, 9.17) is 9.72 Å². The van der Waals surface area contributed by atoms with Crippen LogP contribution in [0.25, 0.3) is 16.7 Å². The first-order valence-corrected chi connectivity index (χ1v) is 11.8. The molecule has 0 radical (unpaired) electrons. The van der Waals surface area contributed by atoms with Gasteiger partial charge in [-0.05, 0) is 49.6 Å². The first-order valence-electron chi connectivity index (χ1n) is 10.5. The maximum absolute atomic E-state index is 13.2. The van der Waals surface area contributed by atoms with Crippen molar-refractivity contribution in [3.05, 3.63) is 75.0 Å². The van der Waals surface area contributed by atoms with E-state index in [1.807, 2.05) is 31.6 Å². The summed E-state index contributed by atoms with van der Waals surface area (Å²) in [5.41, 5.74) is 1.75. The number of aryl methyl sites for hydroxylation is 2. The molecule has 170 valence electrons. The van der Waals surface area contributed by atoms with Crippen LogP contribution in [0.1, 0.15) is 24.5 Å². The van der Waals surface area contributed by atoms with E-state index >= 15 is 0 Å². The lowest BCUT2D eigenvalue weighted by molar-refractivity contribution is -0.113. The van der Waals surface area contributed by atoms with Gasteiger partial charge in [0.25, 0.3) is 11.5 Å². The average Bonchev–Trinajstić information content (AvgIpc) is 2.81. The maximum atomic E-state index is 13.2. The van der Waals surface area contributed by atoms with Crippen molar-refractivity contribution in [2.45, 2.75) is 26.8 Å². The molecule has 0 aliphatic carbocycles. The molecule has 0 spiro atoms. The van der Waals surface area contributed by atoms with Crippen LogP contribution >= 0.6 is 11.8 Å². The number of rotatable bonds is 8. The number of nitriles is 1. The third-order valence-corrected chi connectivity index (χ3v) is 5.31. The lowest BCUT2D eigenvalue weighted by Gasteiger charge is -2.14. The number of amides is 1. The molecular weight excluding hydrogens is 438 g/mol. The van der Waals surface area contributed by atoms with Crippen LogP contribution in [0.5, 0.6) is 0 Å². The second kappa shape index (κ2) is 11.4. The number of allylic oxidation sites excluding steroid dienone is 2. The number of hydrogen-bond donors (Lipinski definition) is 0. The number of nitrogens with zero attached hydrogens (tertiary/aromatic N) is 5. The highest BCUT2D eigenvalue weighted by Crippen LogP contribution is 2.13. The summed E-state index contributed by atoms with van der Waals surface area (Å²) in [5, 5.41) is 11.9. The SMILES string of the molecule is CCOCCCn1c(=NC(=O)C=CC=CSC)c(C#N)cc2c(=O)n3cccc(C)c3nc21. The minimum Gasteiger partial charge on any atom is -0.382 e. The Hall–Kier alpha value is -3.48. The van der Waals surface area contributed by atoms with Crippen LogP contribution in [0.15, 0.2) is 57.8 Å². The Labute approximate surface area is 195 Å². The highest BCUT2D eigenvalue weighted by Gasteiger charge is 2.15. The molecule has 33 heavy (non-hydrogen) atoms. The fraction of sp³-hybridized carbons (Fsp3) is 0.292. The molecule has 0 bridgehead atoms. The Balaban J connectivity index is 2.31. The molecule has 8 nitrogen and oxygen atoms in total. The third kappa shape index (κ3) is 5.48. The van der Waals surface area contributed by atoms with Crippen molar-refractivity contribution < 1.29 is 9.53 Å². The Morgan fingerprint density at radius 2 is 2.18 bits per heavy atom. The summed E-state index contributed by atoms with van der Waals surface area (Å²) in [6, 6.07) is 7.19. The molecule has 0 atom stereocenters. The summed E-state index contributed by atoms with van der Waals surface area (Å²) in [6.45, 7) is 5.23. The number of ether oxygens (including phenoxy) is 1. The van der Waals surface area contributed by atoms with E-state index in [0.29, 0.717) is 37.5 Å². The minimum atomic E-state index is -0.510. The van der Waals surface area contributed by atoms with Gasteiger partial charge in [-0.1, -0.05) is 18.2 Å². The van der Waals surface area contributed by atoms with Crippen molar-refractivity contribution in [1.82, 2.24) is 14.0 Å². The van der Waals surface area contributed by atoms with Gasteiger partial charge in [0.15, 0.2) is 5.49 Å². The second-order valence-electron chi connectivity index (χ2n) is 7.11. The van der Waals surface area contributed by atoms with Crippen LogP contribution in [0, 0.1) is 18.3 Å². The van der Waals surface area contributed by atoms with E-state index in [1.165, 1.54) is 28.3 Å². The fourth-order valence-corrected chi connectivity index (χ4v) is 3.62. The maximum Gasteiger partial charge on any atom is 0.271 e. The molecule has 0 N–H and O–H groups in total. The summed E-state index contributed by atoms with van der Waals surface area (Å²) in [6.07, 6.45) is 8.82. The Morgan fingerprint density at radius 3 is 2.91 bits per heavy atom. The Kier molecular flexibility index (Phi) is 8.35. The van der Waals surface area contributed by atoms with Crippen molar-refractivity contribution in [2.24, 2.45) is 4.99 Å². The lowest BCUT2D eigenvalue weighted by Crippen LogP contribution is -2.30.